The number of nitrogens with zero attached hydrogens (tertiary/aromatic N) is 3. The zero-order valence-corrected chi connectivity index (χ0v) is 7.86. The topological polar surface area (TPSA) is 47.3 Å². The van der Waals surface area contributed by atoms with Crippen LogP contribution in [0.3, 0.4) is 0 Å². The third kappa shape index (κ3) is 0.898. The zero-order valence-electron chi connectivity index (χ0n) is 7.04. The quantitative estimate of drug-likeness (QED) is 0.553. The van der Waals surface area contributed by atoms with E-state index in [1.807, 2.05) is 24.3 Å². The van der Waals surface area contributed by atoms with E-state index >= 15 is 0 Å². The molecule has 0 bridgehead atoms. The van der Waals surface area contributed by atoms with Crippen molar-refractivity contribution in [2.45, 2.75) is 0 Å². The van der Waals surface area contributed by atoms with Crippen molar-refractivity contribution in [3.63, 3.8) is 0 Å². The molecule has 0 aliphatic heterocycles. The highest BCUT2D eigenvalue weighted by Gasteiger charge is 2.05. The average molecular weight is 203 g/mol. The van der Waals surface area contributed by atoms with Gasteiger partial charge in [0.05, 0.1) is 16.5 Å². The van der Waals surface area contributed by atoms with Gasteiger partial charge < -0.3 is 0 Å². The first-order valence-corrected chi connectivity index (χ1v) is 4.95. The number of hydrogen-bond acceptors (Lipinski definition) is 4. The minimum absolute atomic E-state index is 0.271. The van der Waals surface area contributed by atoms with E-state index in [0.29, 0.717) is 4.96 Å². The molecule has 0 unspecified atom stereocenters. The van der Waals surface area contributed by atoms with Crippen LogP contribution in [0.2, 0.25) is 0 Å². The van der Waals surface area contributed by atoms with Gasteiger partial charge in [0.25, 0.3) is 0 Å². The number of aromatic nitrogens is 3. The average Bonchev–Trinajstić information content (AvgIpc) is 2.57. The Morgan fingerprint density at radius 2 is 2.14 bits per heavy atom. The molecule has 0 spiro atoms. The third-order valence-electron chi connectivity index (χ3n) is 2.04. The Morgan fingerprint density at radius 3 is 3.07 bits per heavy atom. The molecule has 0 amide bonds. The van der Waals surface area contributed by atoms with Gasteiger partial charge in [-0.3, -0.25) is 0 Å². The molecule has 0 radical (unpaired) electrons. The van der Waals surface area contributed by atoms with Crippen LogP contribution in [0.15, 0.2) is 34.6 Å². The molecule has 1 aromatic carbocycles. The summed E-state index contributed by atoms with van der Waals surface area (Å²) in [5.41, 5.74) is 2.89. The molecule has 0 saturated carbocycles. The van der Waals surface area contributed by atoms with Crippen LogP contribution in [-0.4, -0.2) is 14.4 Å². The zero-order chi connectivity index (χ0) is 9.54. The molecule has 0 saturated heterocycles. The number of fused-ring (bicyclic) bond motifs is 3. The maximum atomic E-state index is 11.5. The molecule has 2 heterocycles. The summed E-state index contributed by atoms with van der Waals surface area (Å²) in [6.07, 6.45) is 0. The third-order valence-corrected chi connectivity index (χ3v) is 2.74. The smallest absolute Gasteiger partial charge is 0.245 e. The first-order chi connectivity index (χ1) is 6.86. The summed E-state index contributed by atoms with van der Waals surface area (Å²) in [4.78, 5) is 20.2. The lowest BCUT2D eigenvalue weighted by atomic mass is 10.3. The highest BCUT2D eigenvalue weighted by molar-refractivity contribution is 7.14. The Morgan fingerprint density at radius 1 is 1.29 bits per heavy atom. The summed E-state index contributed by atoms with van der Waals surface area (Å²) >= 11 is 1.36. The Balaban J connectivity index is 2.73. The predicted octanol–water partition coefficient (Wildman–Crippen LogP) is 1.30. The van der Waals surface area contributed by atoms with Gasteiger partial charge in [-0.05, 0) is 12.1 Å². The molecular formula is C9H5N3OS. The van der Waals surface area contributed by atoms with Gasteiger partial charge in [0, 0.05) is 0 Å². The Hall–Kier alpha value is -1.75. The number of rotatable bonds is 0. The molecule has 3 rings (SSSR count). The summed E-state index contributed by atoms with van der Waals surface area (Å²) in [5, 5.41) is 0. The van der Waals surface area contributed by atoms with Crippen LogP contribution >= 0.6 is 11.3 Å². The Labute approximate surface area is 82.5 Å². The van der Waals surface area contributed by atoms with E-state index in [1.54, 1.807) is 0 Å². The summed E-state index contributed by atoms with van der Waals surface area (Å²) in [7, 11) is 0. The highest BCUT2D eigenvalue weighted by atomic mass is 32.1. The van der Waals surface area contributed by atoms with Crippen molar-refractivity contribution in [3.05, 3.63) is 40.3 Å². The van der Waals surface area contributed by atoms with Gasteiger partial charge in [0.15, 0.2) is 4.96 Å². The van der Waals surface area contributed by atoms with E-state index in [1.165, 1.54) is 21.2 Å². The van der Waals surface area contributed by atoms with Crippen molar-refractivity contribution in [3.8, 4) is 0 Å². The molecule has 5 heteroatoms. The van der Waals surface area contributed by atoms with Crippen LogP contribution in [-0.2, 0) is 0 Å². The molecule has 2 aromatic heterocycles. The van der Waals surface area contributed by atoms with Crippen LogP contribution in [0.4, 0.5) is 0 Å². The molecule has 0 aliphatic rings. The van der Waals surface area contributed by atoms with Crippen molar-refractivity contribution >= 4 is 27.3 Å². The minimum Gasteiger partial charge on any atom is -0.245 e. The predicted molar refractivity (Wildman–Crippen MR) is 54.6 cm³/mol. The molecule has 0 aliphatic carbocycles. The van der Waals surface area contributed by atoms with Gasteiger partial charge in [-0.1, -0.05) is 23.5 Å². The van der Waals surface area contributed by atoms with E-state index < -0.39 is 0 Å². The lowest BCUT2D eigenvalue weighted by Gasteiger charge is -1.89. The van der Waals surface area contributed by atoms with Gasteiger partial charge >= 0.3 is 5.69 Å². The number of benzene rings is 1. The van der Waals surface area contributed by atoms with Crippen LogP contribution in [0.25, 0.3) is 16.0 Å². The molecule has 4 nitrogen and oxygen atoms in total. The maximum Gasteiger partial charge on any atom is 0.355 e. The fourth-order valence-electron chi connectivity index (χ4n) is 1.44. The second kappa shape index (κ2) is 2.62. The van der Waals surface area contributed by atoms with Gasteiger partial charge in [-0.15, -0.1) is 0 Å². The van der Waals surface area contributed by atoms with E-state index in [0.717, 1.165) is 11.0 Å². The molecule has 14 heavy (non-hydrogen) atoms. The Kier molecular flexibility index (Phi) is 1.43. The van der Waals surface area contributed by atoms with Gasteiger partial charge in [0.1, 0.15) is 0 Å². The maximum absolute atomic E-state index is 11.5. The van der Waals surface area contributed by atoms with E-state index in [9.17, 15) is 4.79 Å². The molecular weight excluding hydrogens is 198 g/mol. The lowest BCUT2D eigenvalue weighted by Crippen LogP contribution is -2.13. The van der Waals surface area contributed by atoms with Crippen LogP contribution in [0.5, 0.6) is 0 Å². The van der Waals surface area contributed by atoms with E-state index in [2.05, 4.69) is 9.97 Å². The second-order valence-electron chi connectivity index (χ2n) is 2.85. The highest BCUT2D eigenvalue weighted by Crippen LogP contribution is 2.15. The summed E-state index contributed by atoms with van der Waals surface area (Å²) in [5.74, 6) is 0. The van der Waals surface area contributed by atoms with Crippen molar-refractivity contribution in [1.82, 2.24) is 14.4 Å². The largest absolute Gasteiger partial charge is 0.355 e. The van der Waals surface area contributed by atoms with Gasteiger partial charge in [-0.25, -0.2) is 14.2 Å². The summed E-state index contributed by atoms with van der Waals surface area (Å²) in [6.45, 7) is 0. The monoisotopic (exact) mass is 203 g/mol. The fraction of sp³-hybridized carbons (Fsp3) is 0. The second-order valence-corrected chi connectivity index (χ2v) is 3.67. The molecule has 3 aromatic rings. The van der Waals surface area contributed by atoms with E-state index in [-0.39, 0.29) is 5.69 Å². The number of para-hydroxylation sites is 2. The van der Waals surface area contributed by atoms with E-state index in [4.69, 9.17) is 0 Å². The van der Waals surface area contributed by atoms with Gasteiger partial charge in [0.2, 0.25) is 0 Å². The van der Waals surface area contributed by atoms with Crippen LogP contribution in [0.1, 0.15) is 0 Å². The molecule has 0 fully saturated rings. The fourth-order valence-corrected chi connectivity index (χ4v) is 2.11. The van der Waals surface area contributed by atoms with Gasteiger partial charge in [-0.2, -0.15) is 4.98 Å². The van der Waals surface area contributed by atoms with Crippen molar-refractivity contribution in [2.24, 2.45) is 0 Å². The minimum atomic E-state index is -0.271. The summed E-state index contributed by atoms with van der Waals surface area (Å²) < 4.78 is 1.53. The number of hydrogen-bond donors (Lipinski definition) is 0. The van der Waals surface area contributed by atoms with Crippen molar-refractivity contribution in [2.75, 3.05) is 0 Å². The SMILES string of the molecule is O=c1ncsc2nc3ccccc3n12. The summed E-state index contributed by atoms with van der Waals surface area (Å²) in [6, 6.07) is 7.53. The van der Waals surface area contributed by atoms with Crippen LogP contribution in [0, 0.1) is 0 Å². The van der Waals surface area contributed by atoms with Crippen LogP contribution < -0.4 is 5.69 Å². The molecule has 0 N–H and O–H groups in total. The Bertz CT molecular complexity index is 670. The van der Waals surface area contributed by atoms with Crippen molar-refractivity contribution < 1.29 is 0 Å². The first kappa shape index (κ1) is 7.64. The number of imidazole rings is 1. The molecule has 0 atom stereocenters. The standard InChI is InChI=1S/C9H5N3OS/c13-8-10-5-14-9-11-6-3-1-2-4-7(6)12(8)9/h1-5H. The molecule has 68 valence electrons. The normalized spacial score (nSPS) is 11.1. The lowest BCUT2D eigenvalue weighted by molar-refractivity contribution is 1.06. The van der Waals surface area contributed by atoms with Crippen molar-refractivity contribution in [1.29, 1.82) is 0 Å². The first-order valence-electron chi connectivity index (χ1n) is 4.07.